The van der Waals surface area contributed by atoms with Crippen LogP contribution in [0.4, 0.5) is 0 Å². The smallest absolute Gasteiger partial charge is 0.136 e. The Bertz CT molecular complexity index is 316. The Morgan fingerprint density at radius 2 is 2.00 bits per heavy atom. The highest BCUT2D eigenvalue weighted by Crippen LogP contribution is 2.44. The zero-order chi connectivity index (χ0) is 13.1. The van der Waals surface area contributed by atoms with E-state index in [1.165, 1.54) is 32.1 Å². The average Bonchev–Trinajstić information content (AvgIpc) is 2.44. The zero-order valence-corrected chi connectivity index (χ0v) is 11.9. The normalized spacial score (nSPS) is 33.9. The van der Waals surface area contributed by atoms with Crippen molar-refractivity contribution in [2.45, 2.75) is 75.9 Å². The first kappa shape index (κ1) is 13.6. The fraction of sp³-hybridized carbons (Fsp3) is 0.938. The molecule has 0 aromatic heterocycles. The van der Waals surface area contributed by atoms with Gasteiger partial charge in [0.25, 0.3) is 0 Å². The zero-order valence-electron chi connectivity index (χ0n) is 11.9. The van der Waals surface area contributed by atoms with Gasteiger partial charge in [-0.1, -0.05) is 0 Å². The highest BCUT2D eigenvalue weighted by molar-refractivity contribution is 5.81. The molecule has 108 valence electrons. The molecule has 3 heteroatoms. The average molecular weight is 266 g/mol. The van der Waals surface area contributed by atoms with Gasteiger partial charge in [0.1, 0.15) is 5.78 Å². The van der Waals surface area contributed by atoms with Crippen LogP contribution in [0.15, 0.2) is 0 Å². The first-order valence-electron chi connectivity index (χ1n) is 8.06. The number of Topliss-reactive ketones (excluding diaryl/α,β-unsaturated/α-hetero) is 1. The second-order valence-corrected chi connectivity index (χ2v) is 6.57. The summed E-state index contributed by atoms with van der Waals surface area (Å²) in [6.45, 7) is 1.68. The minimum Gasteiger partial charge on any atom is -0.378 e. The van der Waals surface area contributed by atoms with Crippen molar-refractivity contribution < 1.29 is 14.3 Å². The fourth-order valence-electron chi connectivity index (χ4n) is 3.76. The Kier molecular flexibility index (Phi) is 4.23. The van der Waals surface area contributed by atoms with Crippen LogP contribution in [0.25, 0.3) is 0 Å². The summed E-state index contributed by atoms with van der Waals surface area (Å²) in [5.74, 6) is 0.724. The third-order valence-electron chi connectivity index (χ3n) is 5.20. The number of rotatable bonds is 4. The van der Waals surface area contributed by atoms with Crippen LogP contribution in [-0.4, -0.2) is 30.7 Å². The molecule has 0 amide bonds. The Balaban J connectivity index is 1.44. The Morgan fingerprint density at radius 1 is 1.11 bits per heavy atom. The molecular weight excluding hydrogens is 240 g/mol. The summed E-state index contributed by atoms with van der Waals surface area (Å²) in [6.07, 6.45) is 11.1. The van der Waals surface area contributed by atoms with Crippen molar-refractivity contribution >= 4 is 5.78 Å². The minimum atomic E-state index is 0.0971. The molecular formula is C16H26O3. The Hall–Kier alpha value is -0.410. The molecule has 0 aromatic carbocycles. The number of ketones is 1. The van der Waals surface area contributed by atoms with Crippen molar-refractivity contribution in [3.05, 3.63) is 0 Å². The first-order chi connectivity index (χ1) is 9.27. The van der Waals surface area contributed by atoms with E-state index in [4.69, 9.17) is 9.47 Å². The van der Waals surface area contributed by atoms with Gasteiger partial charge in [-0.25, -0.2) is 0 Å². The van der Waals surface area contributed by atoms with Crippen LogP contribution < -0.4 is 0 Å². The third kappa shape index (κ3) is 3.19. The number of hydrogen-bond donors (Lipinski definition) is 0. The molecule has 1 aliphatic carbocycles. The van der Waals surface area contributed by atoms with Gasteiger partial charge in [0, 0.05) is 25.6 Å². The quantitative estimate of drug-likeness (QED) is 0.783. The van der Waals surface area contributed by atoms with E-state index in [-0.39, 0.29) is 11.5 Å². The van der Waals surface area contributed by atoms with Crippen LogP contribution in [-0.2, 0) is 14.3 Å². The minimum absolute atomic E-state index is 0.0971. The maximum atomic E-state index is 12.4. The van der Waals surface area contributed by atoms with Gasteiger partial charge >= 0.3 is 0 Å². The lowest BCUT2D eigenvalue weighted by molar-refractivity contribution is -0.156. The molecule has 2 aliphatic heterocycles. The van der Waals surface area contributed by atoms with Crippen molar-refractivity contribution in [1.82, 2.24) is 0 Å². The van der Waals surface area contributed by atoms with Gasteiger partial charge in [-0.05, 0) is 57.8 Å². The van der Waals surface area contributed by atoms with Gasteiger partial charge in [-0.3, -0.25) is 4.79 Å². The SMILES string of the molecule is O=C(CCC1CCCCO1)C1CCOC2(CCC2)C1. The van der Waals surface area contributed by atoms with Crippen LogP contribution in [0.5, 0.6) is 0 Å². The summed E-state index contributed by atoms with van der Waals surface area (Å²) in [6, 6.07) is 0. The molecule has 2 saturated heterocycles. The van der Waals surface area contributed by atoms with Crippen molar-refractivity contribution in [3.63, 3.8) is 0 Å². The van der Waals surface area contributed by atoms with Gasteiger partial charge in [-0.2, -0.15) is 0 Å². The van der Waals surface area contributed by atoms with Gasteiger partial charge < -0.3 is 9.47 Å². The summed E-state index contributed by atoms with van der Waals surface area (Å²) in [4.78, 5) is 12.4. The molecule has 19 heavy (non-hydrogen) atoms. The monoisotopic (exact) mass is 266 g/mol. The van der Waals surface area contributed by atoms with E-state index < -0.39 is 0 Å². The number of carbonyl (C=O) groups is 1. The van der Waals surface area contributed by atoms with Gasteiger partial charge in [0.05, 0.1) is 11.7 Å². The highest BCUT2D eigenvalue weighted by atomic mass is 16.5. The Labute approximate surface area is 116 Å². The molecule has 3 rings (SSSR count). The van der Waals surface area contributed by atoms with Crippen LogP contribution in [0.3, 0.4) is 0 Å². The molecule has 0 N–H and O–H groups in total. The van der Waals surface area contributed by atoms with E-state index in [0.717, 1.165) is 38.9 Å². The van der Waals surface area contributed by atoms with E-state index in [1.54, 1.807) is 0 Å². The van der Waals surface area contributed by atoms with Crippen molar-refractivity contribution in [2.24, 2.45) is 5.92 Å². The molecule has 1 spiro atoms. The lowest BCUT2D eigenvalue weighted by Gasteiger charge is -2.46. The van der Waals surface area contributed by atoms with Crippen LogP contribution in [0, 0.1) is 5.92 Å². The predicted octanol–water partition coefficient (Wildman–Crippen LogP) is 3.25. The van der Waals surface area contributed by atoms with Gasteiger partial charge in [-0.15, -0.1) is 0 Å². The second-order valence-electron chi connectivity index (χ2n) is 6.57. The molecule has 3 nitrogen and oxygen atoms in total. The molecule has 2 atom stereocenters. The van der Waals surface area contributed by atoms with E-state index in [1.807, 2.05) is 0 Å². The summed E-state index contributed by atoms with van der Waals surface area (Å²) in [7, 11) is 0. The molecule has 0 radical (unpaired) electrons. The van der Waals surface area contributed by atoms with Crippen LogP contribution in [0.2, 0.25) is 0 Å². The summed E-state index contributed by atoms with van der Waals surface area (Å²) >= 11 is 0. The number of carbonyl (C=O) groups excluding carboxylic acids is 1. The molecule has 3 aliphatic rings. The fourth-order valence-corrected chi connectivity index (χ4v) is 3.76. The van der Waals surface area contributed by atoms with E-state index in [2.05, 4.69) is 0 Å². The molecule has 0 aromatic rings. The van der Waals surface area contributed by atoms with Crippen molar-refractivity contribution in [3.8, 4) is 0 Å². The Morgan fingerprint density at radius 3 is 2.68 bits per heavy atom. The number of ether oxygens (including phenoxy) is 2. The molecule has 0 bridgehead atoms. The van der Waals surface area contributed by atoms with E-state index >= 15 is 0 Å². The van der Waals surface area contributed by atoms with E-state index in [9.17, 15) is 4.79 Å². The molecule has 3 fully saturated rings. The topological polar surface area (TPSA) is 35.5 Å². The lowest BCUT2D eigenvalue weighted by Crippen LogP contribution is -2.47. The molecule has 2 heterocycles. The second kappa shape index (κ2) is 5.92. The largest absolute Gasteiger partial charge is 0.378 e. The van der Waals surface area contributed by atoms with Crippen LogP contribution in [0.1, 0.15) is 64.2 Å². The van der Waals surface area contributed by atoms with Crippen molar-refractivity contribution in [1.29, 1.82) is 0 Å². The van der Waals surface area contributed by atoms with Crippen LogP contribution >= 0.6 is 0 Å². The third-order valence-corrected chi connectivity index (χ3v) is 5.20. The molecule has 2 unspecified atom stereocenters. The van der Waals surface area contributed by atoms with Gasteiger partial charge in [0.15, 0.2) is 0 Å². The standard InChI is InChI=1S/C16H26O3/c17-15(6-5-14-4-1-2-10-18-14)13-7-11-19-16(12-13)8-3-9-16/h13-14H,1-12H2. The molecule has 1 saturated carbocycles. The van der Waals surface area contributed by atoms with Crippen molar-refractivity contribution in [2.75, 3.05) is 13.2 Å². The number of hydrogen-bond acceptors (Lipinski definition) is 3. The highest BCUT2D eigenvalue weighted by Gasteiger charge is 2.44. The summed E-state index contributed by atoms with van der Waals surface area (Å²) in [5.41, 5.74) is 0.0971. The predicted molar refractivity (Wildman–Crippen MR) is 73.1 cm³/mol. The summed E-state index contributed by atoms with van der Waals surface area (Å²) < 4.78 is 11.6. The lowest BCUT2D eigenvalue weighted by atomic mass is 9.71. The summed E-state index contributed by atoms with van der Waals surface area (Å²) in [5, 5.41) is 0. The maximum absolute atomic E-state index is 12.4. The van der Waals surface area contributed by atoms with Gasteiger partial charge in [0.2, 0.25) is 0 Å². The van der Waals surface area contributed by atoms with E-state index in [0.29, 0.717) is 18.3 Å². The maximum Gasteiger partial charge on any atom is 0.136 e. The first-order valence-corrected chi connectivity index (χ1v) is 8.06.